The van der Waals surface area contributed by atoms with E-state index in [0.717, 1.165) is 10.9 Å². The summed E-state index contributed by atoms with van der Waals surface area (Å²) in [5, 5.41) is 3.82. The normalized spacial score (nSPS) is 15.2. The van der Waals surface area contributed by atoms with Gasteiger partial charge in [0.2, 0.25) is 11.7 Å². The van der Waals surface area contributed by atoms with E-state index in [1.165, 1.54) is 0 Å². The number of hydrogen-bond acceptors (Lipinski definition) is 6. The largest absolute Gasteiger partial charge is 0.462 e. The van der Waals surface area contributed by atoms with Crippen molar-refractivity contribution in [1.82, 2.24) is 9.97 Å². The summed E-state index contributed by atoms with van der Waals surface area (Å²) in [6, 6.07) is 12.8. The molecule has 0 saturated carbocycles. The molecule has 7 heteroatoms. The number of Topliss-reactive ketones (excluding diaryl/α,β-unsaturated/α-hetero) is 1. The molecule has 0 atom stereocenters. The second kappa shape index (κ2) is 7.40. The maximum Gasteiger partial charge on any atom is 0.347 e. The highest BCUT2D eigenvalue weighted by Gasteiger charge is 2.37. The third-order valence-electron chi connectivity index (χ3n) is 4.17. The average molecular weight is 375 g/mol. The predicted molar refractivity (Wildman–Crippen MR) is 104 cm³/mol. The maximum atomic E-state index is 12.9. The summed E-state index contributed by atoms with van der Waals surface area (Å²) in [5.74, 6) is -1.17. The van der Waals surface area contributed by atoms with Crippen molar-refractivity contribution in [1.29, 1.82) is 0 Å². The van der Waals surface area contributed by atoms with Crippen LogP contribution >= 0.6 is 0 Å². The van der Waals surface area contributed by atoms with Gasteiger partial charge in [-0.25, -0.2) is 9.78 Å². The van der Waals surface area contributed by atoms with Gasteiger partial charge in [-0.2, -0.15) is 0 Å². The first kappa shape index (κ1) is 17.5. The van der Waals surface area contributed by atoms with Crippen molar-refractivity contribution in [3.63, 3.8) is 0 Å². The Hall–Kier alpha value is -3.87. The number of hydrogen-bond donors (Lipinski definition) is 2. The topological polar surface area (TPSA) is 93.3 Å². The number of nitrogens with zero attached hydrogens (tertiary/aromatic N) is 1. The van der Waals surface area contributed by atoms with E-state index in [1.54, 1.807) is 43.6 Å². The number of rotatable bonds is 5. The first-order chi connectivity index (χ1) is 13.7. The van der Waals surface area contributed by atoms with E-state index >= 15 is 0 Å². The molecule has 1 aliphatic rings. The fourth-order valence-electron chi connectivity index (χ4n) is 2.90. The molecule has 0 radical (unpaired) electrons. The second-order valence-corrected chi connectivity index (χ2v) is 6.00. The summed E-state index contributed by atoms with van der Waals surface area (Å²) >= 11 is 0. The van der Waals surface area contributed by atoms with Crippen LogP contribution in [-0.2, 0) is 19.1 Å². The van der Waals surface area contributed by atoms with Gasteiger partial charge in [0.25, 0.3) is 0 Å². The third kappa shape index (κ3) is 3.25. The molecule has 3 aromatic rings. The lowest BCUT2D eigenvalue weighted by molar-refractivity contribution is -0.139. The number of fused-ring (bicyclic) bond motifs is 1. The predicted octanol–water partition coefficient (Wildman–Crippen LogP) is 3.39. The van der Waals surface area contributed by atoms with E-state index in [2.05, 4.69) is 15.3 Å². The zero-order valence-electron chi connectivity index (χ0n) is 15.1. The third-order valence-corrected chi connectivity index (χ3v) is 4.17. The van der Waals surface area contributed by atoms with Crippen molar-refractivity contribution in [3.8, 4) is 0 Å². The highest BCUT2D eigenvalue weighted by atomic mass is 16.5. The second-order valence-electron chi connectivity index (χ2n) is 6.00. The highest BCUT2D eigenvalue weighted by molar-refractivity contribution is 6.26. The zero-order valence-corrected chi connectivity index (χ0v) is 15.1. The van der Waals surface area contributed by atoms with Gasteiger partial charge in [0, 0.05) is 29.0 Å². The molecule has 0 spiro atoms. The highest BCUT2D eigenvalue weighted by Crippen LogP contribution is 2.30. The molecule has 2 aromatic heterocycles. The fourth-order valence-corrected chi connectivity index (χ4v) is 2.90. The van der Waals surface area contributed by atoms with Crippen molar-refractivity contribution >= 4 is 34.5 Å². The average Bonchev–Trinajstić information content (AvgIpc) is 3.24. The van der Waals surface area contributed by atoms with Gasteiger partial charge < -0.3 is 19.8 Å². The van der Waals surface area contributed by atoms with Gasteiger partial charge in [0.1, 0.15) is 5.65 Å². The number of anilines is 1. The molecular formula is C21H17N3O4. The molecule has 0 unspecified atom stereocenters. The molecule has 7 nitrogen and oxygen atoms in total. The SMILES string of the molecule is CCOC(=O)C1=C(Nc2ccccc2)O/C(=C\c2c[nH]c3ncccc23)C1=O. The molecular weight excluding hydrogens is 358 g/mol. The summed E-state index contributed by atoms with van der Waals surface area (Å²) in [7, 11) is 0. The van der Waals surface area contributed by atoms with Crippen molar-refractivity contribution in [2.24, 2.45) is 0 Å². The van der Waals surface area contributed by atoms with E-state index < -0.39 is 11.8 Å². The van der Waals surface area contributed by atoms with Crippen LogP contribution in [0.3, 0.4) is 0 Å². The number of H-pyrrole nitrogens is 1. The summed E-state index contributed by atoms with van der Waals surface area (Å²) in [5.41, 5.74) is 1.95. The number of ketones is 1. The smallest absolute Gasteiger partial charge is 0.347 e. The van der Waals surface area contributed by atoms with Gasteiger partial charge >= 0.3 is 5.97 Å². The lowest BCUT2D eigenvalue weighted by Crippen LogP contribution is -2.16. The monoisotopic (exact) mass is 375 g/mol. The molecule has 3 heterocycles. The van der Waals surface area contributed by atoms with Crippen LogP contribution in [-0.4, -0.2) is 28.3 Å². The van der Waals surface area contributed by atoms with Gasteiger partial charge in [-0.15, -0.1) is 0 Å². The van der Waals surface area contributed by atoms with Crippen LogP contribution in [0, 0.1) is 0 Å². The minimum atomic E-state index is -0.727. The number of benzene rings is 1. The molecule has 4 rings (SSSR count). The van der Waals surface area contributed by atoms with Gasteiger partial charge in [-0.05, 0) is 37.3 Å². The maximum absolute atomic E-state index is 12.9. The molecule has 0 amide bonds. The fraction of sp³-hybridized carbons (Fsp3) is 0.0952. The Morgan fingerprint density at radius 1 is 1.25 bits per heavy atom. The minimum absolute atomic E-state index is 0.0336. The molecule has 2 N–H and O–H groups in total. The first-order valence-electron chi connectivity index (χ1n) is 8.77. The van der Waals surface area contributed by atoms with Crippen LogP contribution in [0.1, 0.15) is 12.5 Å². The van der Waals surface area contributed by atoms with E-state index in [1.807, 2.05) is 24.3 Å². The quantitative estimate of drug-likeness (QED) is 0.403. The Morgan fingerprint density at radius 3 is 2.86 bits per heavy atom. The van der Waals surface area contributed by atoms with Gasteiger partial charge in [-0.1, -0.05) is 18.2 Å². The molecule has 1 aliphatic heterocycles. The summed E-state index contributed by atoms with van der Waals surface area (Å²) < 4.78 is 10.8. The number of esters is 1. The number of aromatic amines is 1. The van der Waals surface area contributed by atoms with Crippen LogP contribution in [0.25, 0.3) is 17.1 Å². The summed E-state index contributed by atoms with van der Waals surface area (Å²) in [6.45, 7) is 1.83. The van der Waals surface area contributed by atoms with E-state index in [-0.39, 0.29) is 23.8 Å². The number of carbonyl (C=O) groups is 2. The lowest BCUT2D eigenvalue weighted by Gasteiger charge is -2.08. The number of ether oxygens (including phenoxy) is 2. The molecule has 0 saturated heterocycles. The van der Waals surface area contributed by atoms with Crippen molar-refractivity contribution < 1.29 is 19.1 Å². The van der Waals surface area contributed by atoms with Crippen LogP contribution in [0.5, 0.6) is 0 Å². The molecule has 0 fully saturated rings. The van der Waals surface area contributed by atoms with Crippen molar-refractivity contribution in [3.05, 3.63) is 77.6 Å². The standard InChI is InChI=1S/C21H17N3O4/c1-2-27-21(26)17-18(25)16(28-20(17)24-14-7-4-3-5-8-14)11-13-12-23-19-15(13)9-6-10-22-19/h3-12,24H,2H2,1H3,(H,22,23)/b16-11-. The number of allylic oxidation sites excluding steroid dienone is 1. The Labute approximate surface area is 160 Å². The summed E-state index contributed by atoms with van der Waals surface area (Å²) in [6.07, 6.45) is 4.99. The van der Waals surface area contributed by atoms with Crippen LogP contribution in [0.15, 0.2) is 72.1 Å². The van der Waals surface area contributed by atoms with E-state index in [4.69, 9.17) is 9.47 Å². The number of para-hydroxylation sites is 1. The Balaban J connectivity index is 1.70. The van der Waals surface area contributed by atoms with Crippen molar-refractivity contribution in [2.75, 3.05) is 11.9 Å². The van der Waals surface area contributed by atoms with Gasteiger partial charge in [0.15, 0.2) is 11.3 Å². The zero-order chi connectivity index (χ0) is 19.5. The van der Waals surface area contributed by atoms with E-state index in [9.17, 15) is 9.59 Å². The molecule has 140 valence electrons. The summed E-state index contributed by atoms with van der Waals surface area (Å²) in [4.78, 5) is 32.5. The number of carbonyl (C=O) groups excluding carboxylic acids is 2. The first-order valence-corrected chi connectivity index (χ1v) is 8.77. The minimum Gasteiger partial charge on any atom is -0.462 e. The van der Waals surface area contributed by atoms with Crippen LogP contribution < -0.4 is 5.32 Å². The Bertz CT molecular complexity index is 1110. The van der Waals surface area contributed by atoms with Gasteiger partial charge in [0.05, 0.1) is 6.61 Å². The number of nitrogens with one attached hydrogen (secondary N) is 2. The van der Waals surface area contributed by atoms with E-state index in [0.29, 0.717) is 11.3 Å². The van der Waals surface area contributed by atoms with Gasteiger partial charge in [-0.3, -0.25) is 4.79 Å². The number of aromatic nitrogens is 2. The lowest BCUT2D eigenvalue weighted by atomic mass is 10.1. The molecule has 0 bridgehead atoms. The Morgan fingerprint density at radius 2 is 2.07 bits per heavy atom. The molecule has 0 aliphatic carbocycles. The van der Waals surface area contributed by atoms with Crippen LogP contribution in [0.4, 0.5) is 5.69 Å². The molecule has 28 heavy (non-hydrogen) atoms. The van der Waals surface area contributed by atoms with Crippen LogP contribution in [0.2, 0.25) is 0 Å². The van der Waals surface area contributed by atoms with Crippen molar-refractivity contribution in [2.45, 2.75) is 6.92 Å². The Kier molecular flexibility index (Phi) is 4.63. The number of pyridine rings is 1. The molecule has 1 aromatic carbocycles.